The summed E-state index contributed by atoms with van der Waals surface area (Å²) in [7, 11) is 0. The minimum absolute atomic E-state index is 0.173. The molecule has 4 rings (SSSR count). The Morgan fingerprint density at radius 3 is 2.90 bits per heavy atom. The first-order valence-electron chi connectivity index (χ1n) is 7.00. The van der Waals surface area contributed by atoms with Crippen molar-refractivity contribution in [2.75, 3.05) is 19.0 Å². The Kier molecular flexibility index (Phi) is 2.72. The Morgan fingerprint density at radius 1 is 1.29 bits per heavy atom. The molecule has 1 aromatic heterocycles. The molecule has 5 nitrogen and oxygen atoms in total. The van der Waals surface area contributed by atoms with Crippen molar-refractivity contribution in [2.24, 2.45) is 0 Å². The Bertz CT molecular complexity index is 754. The fourth-order valence-electron chi connectivity index (χ4n) is 3.39. The summed E-state index contributed by atoms with van der Waals surface area (Å²) in [5.74, 6) is 0.0885. The van der Waals surface area contributed by atoms with E-state index in [0.717, 1.165) is 28.6 Å². The number of alkyl halides is 1. The van der Waals surface area contributed by atoms with Crippen LogP contribution in [0.3, 0.4) is 0 Å². The molecule has 0 bridgehead atoms. The molecule has 2 aliphatic heterocycles. The molecule has 1 unspecified atom stereocenters. The maximum absolute atomic E-state index is 12.6. The molecular weight excluding hydrogens is 290 g/mol. The summed E-state index contributed by atoms with van der Waals surface area (Å²) in [6.45, 7) is 0.838. The monoisotopic (exact) mass is 303 g/mol. The van der Waals surface area contributed by atoms with Gasteiger partial charge in [-0.05, 0) is 18.1 Å². The predicted octanol–water partition coefficient (Wildman–Crippen LogP) is 2.27. The minimum Gasteiger partial charge on any atom is -0.356 e. The molecule has 1 aromatic carbocycles. The van der Waals surface area contributed by atoms with Gasteiger partial charge in [0, 0.05) is 29.9 Å². The van der Waals surface area contributed by atoms with Crippen LogP contribution in [0, 0.1) is 0 Å². The van der Waals surface area contributed by atoms with E-state index in [0.29, 0.717) is 6.54 Å². The number of hydrogen-bond acceptors (Lipinski definition) is 2. The third-order valence-electron chi connectivity index (χ3n) is 4.32. The van der Waals surface area contributed by atoms with E-state index in [1.54, 1.807) is 4.90 Å². The molecule has 3 amide bonds. The SMILES string of the molecule is O=C1C2c3[nH]c4ccccc4c3CCN2C(=O)N1CCCl. The van der Waals surface area contributed by atoms with Gasteiger partial charge in [0.05, 0.1) is 5.69 Å². The minimum atomic E-state index is -0.517. The molecule has 108 valence electrons. The van der Waals surface area contributed by atoms with Crippen LogP contribution in [-0.4, -0.2) is 45.7 Å². The van der Waals surface area contributed by atoms with Crippen molar-refractivity contribution >= 4 is 34.4 Å². The van der Waals surface area contributed by atoms with Gasteiger partial charge in [-0.25, -0.2) is 4.79 Å². The number of hydrogen-bond donors (Lipinski definition) is 1. The van der Waals surface area contributed by atoms with Gasteiger partial charge in [0.15, 0.2) is 6.04 Å². The Hall–Kier alpha value is -2.01. The zero-order chi connectivity index (χ0) is 14.6. The summed E-state index contributed by atoms with van der Waals surface area (Å²) < 4.78 is 0. The number of aromatic nitrogens is 1. The van der Waals surface area contributed by atoms with Crippen molar-refractivity contribution < 1.29 is 9.59 Å². The summed E-state index contributed by atoms with van der Waals surface area (Å²) in [6, 6.07) is 7.26. The van der Waals surface area contributed by atoms with Crippen molar-refractivity contribution in [3.05, 3.63) is 35.5 Å². The van der Waals surface area contributed by atoms with Crippen molar-refractivity contribution in [3.63, 3.8) is 0 Å². The number of H-pyrrole nitrogens is 1. The molecule has 0 spiro atoms. The maximum Gasteiger partial charge on any atom is 0.327 e. The Balaban J connectivity index is 1.85. The molecule has 0 radical (unpaired) electrons. The lowest BCUT2D eigenvalue weighted by molar-refractivity contribution is -0.128. The Labute approximate surface area is 126 Å². The highest BCUT2D eigenvalue weighted by atomic mass is 35.5. The number of urea groups is 1. The number of nitrogens with zero attached hydrogens (tertiary/aromatic N) is 2. The number of para-hydroxylation sites is 1. The van der Waals surface area contributed by atoms with Gasteiger partial charge in [-0.1, -0.05) is 18.2 Å². The molecule has 3 heterocycles. The topological polar surface area (TPSA) is 56.4 Å². The summed E-state index contributed by atoms with van der Waals surface area (Å²) in [5.41, 5.74) is 3.03. The number of imide groups is 1. The number of benzene rings is 1. The first-order chi connectivity index (χ1) is 10.2. The normalized spacial score (nSPS) is 21.1. The van der Waals surface area contributed by atoms with E-state index in [4.69, 9.17) is 11.6 Å². The average Bonchev–Trinajstić information content (AvgIpc) is 2.98. The van der Waals surface area contributed by atoms with Crippen LogP contribution in [0.4, 0.5) is 4.79 Å². The van der Waals surface area contributed by atoms with Gasteiger partial charge < -0.3 is 9.88 Å². The number of carbonyl (C=O) groups is 2. The molecule has 21 heavy (non-hydrogen) atoms. The first-order valence-corrected chi connectivity index (χ1v) is 7.53. The molecular formula is C15H14ClN3O2. The highest BCUT2D eigenvalue weighted by Crippen LogP contribution is 2.39. The first kappa shape index (κ1) is 12.7. The number of amides is 3. The van der Waals surface area contributed by atoms with Gasteiger partial charge in [0.2, 0.25) is 0 Å². The molecule has 2 aromatic rings. The van der Waals surface area contributed by atoms with E-state index in [1.165, 1.54) is 4.90 Å². The number of carbonyl (C=O) groups excluding carboxylic acids is 2. The molecule has 1 fully saturated rings. The van der Waals surface area contributed by atoms with E-state index in [-0.39, 0.29) is 24.4 Å². The lowest BCUT2D eigenvalue weighted by Gasteiger charge is -2.26. The Morgan fingerprint density at radius 2 is 2.10 bits per heavy atom. The van der Waals surface area contributed by atoms with Crippen LogP contribution in [-0.2, 0) is 11.2 Å². The van der Waals surface area contributed by atoms with Crippen LogP contribution >= 0.6 is 11.6 Å². The van der Waals surface area contributed by atoms with Gasteiger partial charge in [-0.3, -0.25) is 9.69 Å². The van der Waals surface area contributed by atoms with Crippen LogP contribution in [0.1, 0.15) is 17.3 Å². The fraction of sp³-hybridized carbons (Fsp3) is 0.333. The molecule has 2 aliphatic rings. The second-order valence-corrected chi connectivity index (χ2v) is 5.75. The fourth-order valence-corrected chi connectivity index (χ4v) is 3.56. The molecule has 1 atom stereocenters. The van der Waals surface area contributed by atoms with Crippen molar-refractivity contribution in [1.29, 1.82) is 0 Å². The number of rotatable bonds is 2. The number of aromatic amines is 1. The summed E-state index contributed by atoms with van der Waals surface area (Å²) >= 11 is 5.70. The van der Waals surface area contributed by atoms with E-state index < -0.39 is 6.04 Å². The van der Waals surface area contributed by atoms with Crippen molar-refractivity contribution in [1.82, 2.24) is 14.8 Å². The van der Waals surface area contributed by atoms with Gasteiger partial charge >= 0.3 is 6.03 Å². The molecule has 1 N–H and O–H groups in total. The van der Waals surface area contributed by atoms with Gasteiger partial charge in [0.25, 0.3) is 5.91 Å². The quantitative estimate of drug-likeness (QED) is 0.683. The average molecular weight is 304 g/mol. The number of fused-ring (bicyclic) bond motifs is 5. The highest BCUT2D eigenvalue weighted by Gasteiger charge is 2.48. The maximum atomic E-state index is 12.6. The third kappa shape index (κ3) is 1.64. The smallest absolute Gasteiger partial charge is 0.327 e. The lowest BCUT2D eigenvalue weighted by Crippen LogP contribution is -2.36. The molecule has 0 aliphatic carbocycles. The zero-order valence-corrected chi connectivity index (χ0v) is 12.1. The van der Waals surface area contributed by atoms with Crippen molar-refractivity contribution in [2.45, 2.75) is 12.5 Å². The van der Waals surface area contributed by atoms with Crippen LogP contribution in [0.15, 0.2) is 24.3 Å². The largest absolute Gasteiger partial charge is 0.356 e. The van der Waals surface area contributed by atoms with E-state index >= 15 is 0 Å². The van der Waals surface area contributed by atoms with Crippen LogP contribution in [0.25, 0.3) is 10.9 Å². The van der Waals surface area contributed by atoms with E-state index in [2.05, 4.69) is 11.1 Å². The van der Waals surface area contributed by atoms with Gasteiger partial charge in [-0.2, -0.15) is 0 Å². The molecule has 0 saturated carbocycles. The summed E-state index contributed by atoms with van der Waals surface area (Å²) in [6.07, 6.45) is 0.767. The standard InChI is InChI=1S/C15H14ClN3O2/c16-6-8-19-14(20)13-12-10(5-7-18(13)15(19)21)9-3-1-2-4-11(9)17-12/h1-4,13,17H,5-8H2. The van der Waals surface area contributed by atoms with E-state index in [9.17, 15) is 9.59 Å². The van der Waals surface area contributed by atoms with E-state index in [1.807, 2.05) is 18.2 Å². The number of halogens is 1. The number of nitrogens with one attached hydrogen (secondary N) is 1. The second kappa shape index (κ2) is 4.49. The van der Waals surface area contributed by atoms with Crippen LogP contribution < -0.4 is 0 Å². The van der Waals surface area contributed by atoms with Crippen molar-refractivity contribution in [3.8, 4) is 0 Å². The third-order valence-corrected chi connectivity index (χ3v) is 4.49. The summed E-state index contributed by atoms with van der Waals surface area (Å²) in [5, 5.41) is 1.14. The lowest BCUT2D eigenvalue weighted by atomic mass is 9.98. The zero-order valence-electron chi connectivity index (χ0n) is 11.3. The van der Waals surface area contributed by atoms with Gasteiger partial charge in [-0.15, -0.1) is 11.6 Å². The molecule has 1 saturated heterocycles. The molecule has 6 heteroatoms. The second-order valence-electron chi connectivity index (χ2n) is 5.37. The van der Waals surface area contributed by atoms with Crippen LogP contribution in [0.2, 0.25) is 0 Å². The predicted molar refractivity (Wildman–Crippen MR) is 79.3 cm³/mol. The highest BCUT2D eigenvalue weighted by molar-refractivity contribution is 6.18. The van der Waals surface area contributed by atoms with Crippen LogP contribution in [0.5, 0.6) is 0 Å². The summed E-state index contributed by atoms with van der Waals surface area (Å²) in [4.78, 5) is 31.1. The van der Waals surface area contributed by atoms with Gasteiger partial charge in [0.1, 0.15) is 0 Å².